The van der Waals surface area contributed by atoms with Gasteiger partial charge in [0.25, 0.3) is 0 Å². The van der Waals surface area contributed by atoms with Gasteiger partial charge >= 0.3 is 6.18 Å². The molecule has 0 radical (unpaired) electrons. The van der Waals surface area contributed by atoms with E-state index in [1.165, 1.54) is 12.1 Å². The molecule has 6 heteroatoms. The summed E-state index contributed by atoms with van der Waals surface area (Å²) >= 11 is 0. The normalized spacial score (nSPS) is 18.1. The van der Waals surface area contributed by atoms with Gasteiger partial charge in [0.15, 0.2) is 0 Å². The first-order valence-electron chi connectivity index (χ1n) is 5.47. The van der Waals surface area contributed by atoms with Crippen LogP contribution in [0.15, 0.2) is 18.2 Å². The average Bonchev–Trinajstić information content (AvgIpc) is 2.29. The zero-order valence-corrected chi connectivity index (χ0v) is 9.13. The Balaban J connectivity index is 2.05. The lowest BCUT2D eigenvalue weighted by Crippen LogP contribution is -2.34. The summed E-state index contributed by atoms with van der Waals surface area (Å²) in [5, 5.41) is 3.16. The minimum Gasteiger partial charge on any atom is -0.474 e. The zero-order valence-electron chi connectivity index (χ0n) is 9.13. The lowest BCUT2D eigenvalue weighted by Gasteiger charge is -2.23. The first kappa shape index (κ1) is 12.2. The minimum absolute atomic E-state index is 0.0479. The largest absolute Gasteiger partial charge is 0.474 e. The molecule has 0 aromatic carbocycles. The highest BCUT2D eigenvalue weighted by molar-refractivity contribution is 5.18. The van der Waals surface area contributed by atoms with Crippen LogP contribution in [0.3, 0.4) is 0 Å². The number of hydrogen-bond donors (Lipinski definition) is 1. The molecule has 0 aliphatic carbocycles. The molecule has 1 aromatic rings. The number of aromatic nitrogens is 1. The van der Waals surface area contributed by atoms with Crippen LogP contribution in [0.25, 0.3) is 0 Å². The van der Waals surface area contributed by atoms with Crippen molar-refractivity contribution in [2.75, 3.05) is 13.1 Å². The lowest BCUT2D eigenvalue weighted by atomic mass is 10.1. The van der Waals surface area contributed by atoms with Gasteiger partial charge in [0.1, 0.15) is 11.8 Å². The van der Waals surface area contributed by atoms with Gasteiger partial charge in [-0.2, -0.15) is 13.2 Å². The van der Waals surface area contributed by atoms with E-state index >= 15 is 0 Å². The van der Waals surface area contributed by atoms with Crippen LogP contribution in [0.5, 0.6) is 5.88 Å². The summed E-state index contributed by atoms with van der Waals surface area (Å²) in [5.41, 5.74) is -0.913. The molecule has 1 N–H and O–H groups in total. The second-order valence-corrected chi connectivity index (χ2v) is 3.93. The molecule has 1 aliphatic heterocycles. The van der Waals surface area contributed by atoms with E-state index in [9.17, 15) is 13.2 Å². The summed E-state index contributed by atoms with van der Waals surface area (Å²) in [6.45, 7) is 1.65. The molecule has 0 unspecified atom stereocenters. The first-order chi connectivity index (χ1) is 8.05. The Bertz CT molecular complexity index is 375. The maximum absolute atomic E-state index is 12.4. The van der Waals surface area contributed by atoms with E-state index in [1.807, 2.05) is 0 Å². The molecule has 2 heterocycles. The van der Waals surface area contributed by atoms with E-state index in [2.05, 4.69) is 10.3 Å². The number of halogens is 3. The number of nitrogens with one attached hydrogen (secondary N) is 1. The summed E-state index contributed by atoms with van der Waals surface area (Å²) in [6.07, 6.45) is -2.89. The molecule has 3 nitrogen and oxygen atoms in total. The number of pyridine rings is 1. The third kappa shape index (κ3) is 3.33. The quantitative estimate of drug-likeness (QED) is 0.868. The van der Waals surface area contributed by atoms with Gasteiger partial charge in [0.05, 0.1) is 0 Å². The van der Waals surface area contributed by atoms with Crippen molar-refractivity contribution in [1.29, 1.82) is 0 Å². The Kier molecular flexibility index (Phi) is 3.51. The van der Waals surface area contributed by atoms with Crippen LogP contribution in [-0.2, 0) is 6.18 Å². The lowest BCUT2D eigenvalue weighted by molar-refractivity contribution is -0.141. The number of rotatable bonds is 2. The van der Waals surface area contributed by atoms with E-state index in [0.29, 0.717) is 0 Å². The van der Waals surface area contributed by atoms with Crippen molar-refractivity contribution in [2.24, 2.45) is 0 Å². The predicted molar refractivity (Wildman–Crippen MR) is 55.8 cm³/mol. The molecule has 17 heavy (non-hydrogen) atoms. The molecule has 94 valence electrons. The highest BCUT2D eigenvalue weighted by Gasteiger charge is 2.32. The maximum Gasteiger partial charge on any atom is 0.433 e. The van der Waals surface area contributed by atoms with E-state index in [1.54, 1.807) is 0 Å². The van der Waals surface area contributed by atoms with Crippen LogP contribution in [0.1, 0.15) is 18.5 Å². The Hall–Kier alpha value is -1.30. The number of alkyl halides is 3. The van der Waals surface area contributed by atoms with Crippen LogP contribution in [-0.4, -0.2) is 24.2 Å². The maximum atomic E-state index is 12.4. The second kappa shape index (κ2) is 4.91. The van der Waals surface area contributed by atoms with Crippen LogP contribution in [0.2, 0.25) is 0 Å². The molecule has 0 saturated carbocycles. The van der Waals surface area contributed by atoms with Gasteiger partial charge in [-0.3, -0.25) is 0 Å². The fourth-order valence-corrected chi connectivity index (χ4v) is 1.72. The Morgan fingerprint density at radius 3 is 2.59 bits per heavy atom. The molecular weight excluding hydrogens is 233 g/mol. The van der Waals surface area contributed by atoms with E-state index in [0.717, 1.165) is 32.0 Å². The standard InChI is InChI=1S/C11H13F3N2O/c12-11(13,14)9-2-1-3-10(16-9)17-8-4-6-15-7-5-8/h1-3,8,15H,4-7H2. The third-order valence-corrected chi connectivity index (χ3v) is 2.59. The molecule has 0 bridgehead atoms. The summed E-state index contributed by atoms with van der Waals surface area (Å²) in [6, 6.07) is 3.71. The predicted octanol–water partition coefficient (Wildman–Crippen LogP) is 2.23. The van der Waals surface area contributed by atoms with Crippen LogP contribution in [0.4, 0.5) is 13.2 Å². The summed E-state index contributed by atoms with van der Waals surface area (Å²) in [5.74, 6) is 0.0479. The molecule has 1 aliphatic rings. The highest BCUT2D eigenvalue weighted by atomic mass is 19.4. The summed E-state index contributed by atoms with van der Waals surface area (Å²) in [4.78, 5) is 3.47. The molecule has 0 atom stereocenters. The van der Waals surface area contributed by atoms with Gasteiger partial charge in [-0.1, -0.05) is 6.07 Å². The average molecular weight is 246 g/mol. The van der Waals surface area contributed by atoms with Gasteiger partial charge in [-0.05, 0) is 32.0 Å². The molecular formula is C11H13F3N2O. The van der Waals surface area contributed by atoms with Crippen molar-refractivity contribution in [3.8, 4) is 5.88 Å². The SMILES string of the molecule is FC(F)(F)c1cccc(OC2CCNCC2)n1. The second-order valence-electron chi connectivity index (χ2n) is 3.93. The summed E-state index contributed by atoms with van der Waals surface area (Å²) in [7, 11) is 0. The van der Waals surface area contributed by atoms with Crippen molar-refractivity contribution in [1.82, 2.24) is 10.3 Å². The third-order valence-electron chi connectivity index (χ3n) is 2.59. The minimum atomic E-state index is -4.42. The molecule has 1 aromatic heterocycles. The Morgan fingerprint density at radius 1 is 1.24 bits per heavy atom. The molecule has 2 rings (SSSR count). The number of ether oxygens (including phenoxy) is 1. The molecule has 0 amide bonds. The molecule has 0 spiro atoms. The van der Waals surface area contributed by atoms with Gasteiger partial charge in [0.2, 0.25) is 5.88 Å². The number of nitrogens with zero attached hydrogens (tertiary/aromatic N) is 1. The van der Waals surface area contributed by atoms with Crippen LogP contribution in [0, 0.1) is 0 Å². The van der Waals surface area contributed by atoms with Gasteiger partial charge < -0.3 is 10.1 Å². The van der Waals surface area contributed by atoms with Crippen molar-refractivity contribution >= 4 is 0 Å². The van der Waals surface area contributed by atoms with E-state index in [4.69, 9.17) is 4.74 Å². The summed E-state index contributed by atoms with van der Waals surface area (Å²) < 4.78 is 42.7. The number of hydrogen-bond acceptors (Lipinski definition) is 3. The monoisotopic (exact) mass is 246 g/mol. The van der Waals surface area contributed by atoms with Gasteiger partial charge in [-0.25, -0.2) is 4.98 Å². The van der Waals surface area contributed by atoms with Crippen LogP contribution < -0.4 is 10.1 Å². The van der Waals surface area contributed by atoms with Crippen molar-refractivity contribution in [3.63, 3.8) is 0 Å². The fraction of sp³-hybridized carbons (Fsp3) is 0.545. The smallest absolute Gasteiger partial charge is 0.433 e. The van der Waals surface area contributed by atoms with Gasteiger partial charge in [0, 0.05) is 6.07 Å². The topological polar surface area (TPSA) is 34.1 Å². The fourth-order valence-electron chi connectivity index (χ4n) is 1.72. The molecule has 1 fully saturated rings. The molecule has 1 saturated heterocycles. The first-order valence-corrected chi connectivity index (χ1v) is 5.47. The van der Waals surface area contributed by atoms with Gasteiger partial charge in [-0.15, -0.1) is 0 Å². The van der Waals surface area contributed by atoms with E-state index in [-0.39, 0.29) is 12.0 Å². The van der Waals surface area contributed by atoms with Crippen LogP contribution >= 0.6 is 0 Å². The van der Waals surface area contributed by atoms with Crippen molar-refractivity contribution in [3.05, 3.63) is 23.9 Å². The zero-order chi connectivity index (χ0) is 12.3. The Morgan fingerprint density at radius 2 is 1.94 bits per heavy atom. The van der Waals surface area contributed by atoms with E-state index < -0.39 is 11.9 Å². The number of piperidine rings is 1. The highest BCUT2D eigenvalue weighted by Crippen LogP contribution is 2.29. The van der Waals surface area contributed by atoms with Crippen molar-refractivity contribution < 1.29 is 17.9 Å². The Labute approximate surface area is 97.0 Å². The van der Waals surface area contributed by atoms with Crippen molar-refractivity contribution in [2.45, 2.75) is 25.1 Å².